The molecule has 1 aliphatic rings. The van der Waals surface area contributed by atoms with Crippen LogP contribution in [-0.4, -0.2) is 21.2 Å². The zero-order valence-electron chi connectivity index (χ0n) is 18.0. The molecule has 1 aromatic heterocycles. The molecule has 0 saturated heterocycles. The van der Waals surface area contributed by atoms with E-state index < -0.39 is 0 Å². The van der Waals surface area contributed by atoms with Crippen LogP contribution in [0.5, 0.6) is 0 Å². The first kappa shape index (κ1) is 19.0. The number of hydrogen-bond acceptors (Lipinski definition) is 1. The van der Waals surface area contributed by atoms with E-state index in [0.717, 1.165) is 0 Å². The molecule has 0 spiro atoms. The standard InChI is InChI=1S/C30H20BNSe/c1-2-10-22(11-3-1)32-27-15-7-5-13-25(27)31(26-14-6-8-16-28(26)32)21-18-19-30-24(20-21)23-12-4-9-17-29(23)33-30/h1-20H. The molecule has 1 nitrogen and oxygen atoms in total. The van der Waals surface area contributed by atoms with E-state index in [1.165, 1.54) is 52.7 Å². The normalized spacial score (nSPS) is 12.7. The Balaban J connectivity index is 1.49. The molecule has 0 N–H and O–H groups in total. The fourth-order valence-electron chi connectivity index (χ4n) is 5.31. The molecule has 0 fully saturated rings. The minimum absolute atomic E-state index is 0.211. The Hall–Kier alpha value is -3.52. The van der Waals surface area contributed by atoms with Gasteiger partial charge in [0, 0.05) is 0 Å². The summed E-state index contributed by atoms with van der Waals surface area (Å²) in [5.41, 5.74) is 7.80. The molecule has 0 atom stereocenters. The van der Waals surface area contributed by atoms with E-state index in [0.29, 0.717) is 14.5 Å². The van der Waals surface area contributed by atoms with Gasteiger partial charge in [0.2, 0.25) is 0 Å². The molecule has 7 rings (SSSR count). The molecule has 0 bridgehead atoms. The van der Waals surface area contributed by atoms with Gasteiger partial charge >= 0.3 is 200 Å². The number of benzene rings is 5. The number of fused-ring (bicyclic) bond motifs is 5. The fraction of sp³-hybridized carbons (Fsp3) is 0. The van der Waals surface area contributed by atoms with Crippen molar-refractivity contribution in [3.63, 3.8) is 0 Å². The maximum atomic E-state index is 2.46. The number of rotatable bonds is 2. The van der Waals surface area contributed by atoms with Gasteiger partial charge in [-0.15, -0.1) is 0 Å². The Labute approximate surface area is 199 Å². The van der Waals surface area contributed by atoms with Crippen LogP contribution in [0, 0.1) is 0 Å². The van der Waals surface area contributed by atoms with Crippen LogP contribution in [0.2, 0.25) is 0 Å². The van der Waals surface area contributed by atoms with Gasteiger partial charge in [-0.2, -0.15) is 0 Å². The van der Waals surface area contributed by atoms with Crippen LogP contribution in [0.1, 0.15) is 0 Å². The zero-order chi connectivity index (χ0) is 21.8. The Kier molecular flexibility index (Phi) is 4.33. The Bertz CT molecular complexity index is 1590. The van der Waals surface area contributed by atoms with Crippen LogP contribution in [0.3, 0.4) is 0 Å². The van der Waals surface area contributed by atoms with E-state index >= 15 is 0 Å². The van der Waals surface area contributed by atoms with Crippen molar-refractivity contribution < 1.29 is 0 Å². The Morgan fingerprint density at radius 3 is 1.88 bits per heavy atom. The van der Waals surface area contributed by atoms with Gasteiger partial charge in [-0.3, -0.25) is 0 Å². The summed E-state index contributed by atoms with van der Waals surface area (Å²) in [5.74, 6) is 0. The molecular formula is C30H20BNSe. The third-order valence-corrected chi connectivity index (χ3v) is 9.14. The second-order valence-electron chi connectivity index (χ2n) is 8.58. The van der Waals surface area contributed by atoms with Crippen molar-refractivity contribution in [2.75, 3.05) is 4.90 Å². The summed E-state index contributed by atoms with van der Waals surface area (Å²) in [6.07, 6.45) is 0. The SMILES string of the molecule is c1ccc(N2c3ccccc3B(c3ccc4[se]c5ccccc5c4c3)c3ccccc32)cc1. The van der Waals surface area contributed by atoms with Gasteiger partial charge in [0.1, 0.15) is 0 Å². The molecule has 6 aromatic rings. The predicted molar refractivity (Wildman–Crippen MR) is 144 cm³/mol. The topological polar surface area (TPSA) is 3.24 Å². The zero-order valence-corrected chi connectivity index (χ0v) is 19.7. The van der Waals surface area contributed by atoms with Gasteiger partial charge in [-0.05, 0) is 0 Å². The Morgan fingerprint density at radius 2 is 1.12 bits per heavy atom. The quantitative estimate of drug-likeness (QED) is 0.299. The molecule has 0 aliphatic carbocycles. The summed E-state index contributed by atoms with van der Waals surface area (Å²) in [6.45, 7) is 0.211. The summed E-state index contributed by atoms with van der Waals surface area (Å²) in [4.78, 5) is 2.41. The molecule has 0 saturated carbocycles. The van der Waals surface area contributed by atoms with Crippen molar-refractivity contribution in [2.45, 2.75) is 0 Å². The second-order valence-corrected chi connectivity index (χ2v) is 10.8. The van der Waals surface area contributed by atoms with Crippen molar-refractivity contribution in [3.05, 3.63) is 121 Å². The van der Waals surface area contributed by atoms with E-state index in [4.69, 9.17) is 0 Å². The van der Waals surface area contributed by atoms with Crippen molar-refractivity contribution in [3.8, 4) is 0 Å². The summed E-state index contributed by atoms with van der Waals surface area (Å²) >= 11 is 0.400. The van der Waals surface area contributed by atoms with Gasteiger partial charge in [0.05, 0.1) is 0 Å². The number of anilines is 3. The molecular weight excluding hydrogens is 464 g/mol. The molecule has 2 heterocycles. The van der Waals surface area contributed by atoms with Crippen molar-refractivity contribution in [2.24, 2.45) is 0 Å². The van der Waals surface area contributed by atoms with Gasteiger partial charge in [-0.25, -0.2) is 0 Å². The molecule has 154 valence electrons. The minimum atomic E-state index is 0.211. The molecule has 5 aromatic carbocycles. The average molecular weight is 484 g/mol. The van der Waals surface area contributed by atoms with Crippen LogP contribution in [0.15, 0.2) is 121 Å². The average Bonchev–Trinajstić information content (AvgIpc) is 3.25. The van der Waals surface area contributed by atoms with Crippen LogP contribution in [0.4, 0.5) is 17.1 Å². The summed E-state index contributed by atoms with van der Waals surface area (Å²) in [7, 11) is 0. The molecule has 0 amide bonds. The van der Waals surface area contributed by atoms with Crippen LogP contribution >= 0.6 is 0 Å². The van der Waals surface area contributed by atoms with Crippen LogP contribution in [-0.2, 0) is 0 Å². The van der Waals surface area contributed by atoms with Gasteiger partial charge in [0.15, 0.2) is 0 Å². The van der Waals surface area contributed by atoms with E-state index in [2.05, 4.69) is 126 Å². The van der Waals surface area contributed by atoms with Crippen LogP contribution < -0.4 is 21.3 Å². The van der Waals surface area contributed by atoms with Gasteiger partial charge in [0.25, 0.3) is 0 Å². The van der Waals surface area contributed by atoms with E-state index in [-0.39, 0.29) is 6.71 Å². The van der Waals surface area contributed by atoms with Crippen molar-refractivity contribution in [1.82, 2.24) is 0 Å². The van der Waals surface area contributed by atoms with Gasteiger partial charge in [-0.1, -0.05) is 0 Å². The summed E-state index contributed by atoms with van der Waals surface area (Å²) in [6, 6.07) is 44.6. The van der Waals surface area contributed by atoms with E-state index in [1.54, 1.807) is 0 Å². The summed E-state index contributed by atoms with van der Waals surface area (Å²) in [5, 5.41) is 2.83. The Morgan fingerprint density at radius 1 is 0.515 bits per heavy atom. The molecule has 3 heteroatoms. The van der Waals surface area contributed by atoms with Crippen molar-refractivity contribution >= 4 is 74.0 Å². The van der Waals surface area contributed by atoms with Crippen LogP contribution in [0.25, 0.3) is 19.3 Å². The number of nitrogens with zero attached hydrogens (tertiary/aromatic N) is 1. The number of para-hydroxylation sites is 3. The van der Waals surface area contributed by atoms with E-state index in [9.17, 15) is 0 Å². The van der Waals surface area contributed by atoms with Crippen molar-refractivity contribution in [1.29, 1.82) is 0 Å². The third kappa shape index (κ3) is 2.94. The van der Waals surface area contributed by atoms with Gasteiger partial charge < -0.3 is 0 Å². The summed E-state index contributed by atoms with van der Waals surface area (Å²) < 4.78 is 2.99. The molecule has 0 radical (unpaired) electrons. The predicted octanol–water partition coefficient (Wildman–Crippen LogP) is 5.35. The maximum absolute atomic E-state index is 2.46. The molecule has 1 aliphatic heterocycles. The molecule has 0 unspecified atom stereocenters. The first-order valence-corrected chi connectivity index (χ1v) is 13.0. The monoisotopic (exact) mass is 485 g/mol. The fourth-order valence-corrected chi connectivity index (χ4v) is 7.58. The first-order chi connectivity index (χ1) is 16.4. The number of hydrogen-bond donors (Lipinski definition) is 0. The van der Waals surface area contributed by atoms with E-state index in [1.807, 2.05) is 0 Å². The second kappa shape index (κ2) is 7.52. The molecule has 33 heavy (non-hydrogen) atoms. The third-order valence-electron chi connectivity index (χ3n) is 6.73. The first-order valence-electron chi connectivity index (χ1n) is 11.3.